The minimum atomic E-state index is -0.191. The molecular formula is C15H18N4O. The molecule has 104 valence electrons. The molecule has 0 saturated carbocycles. The maximum Gasteiger partial charge on any atom is 0.259 e. The van der Waals surface area contributed by atoms with Crippen LogP contribution in [0.25, 0.3) is 0 Å². The van der Waals surface area contributed by atoms with E-state index < -0.39 is 0 Å². The average molecular weight is 270 g/mol. The first-order valence-corrected chi connectivity index (χ1v) is 6.62. The van der Waals surface area contributed by atoms with Crippen molar-refractivity contribution in [2.24, 2.45) is 0 Å². The smallest absolute Gasteiger partial charge is 0.259 e. The number of carbonyl (C=O) groups excluding carboxylic acids is 1. The van der Waals surface area contributed by atoms with Crippen LogP contribution in [0.2, 0.25) is 0 Å². The van der Waals surface area contributed by atoms with Gasteiger partial charge in [0.15, 0.2) is 0 Å². The Labute approximate surface area is 118 Å². The summed E-state index contributed by atoms with van der Waals surface area (Å²) in [7, 11) is 0. The summed E-state index contributed by atoms with van der Waals surface area (Å²) in [4.78, 5) is 20.6. The van der Waals surface area contributed by atoms with Gasteiger partial charge in [-0.05, 0) is 37.1 Å². The second-order valence-corrected chi connectivity index (χ2v) is 4.53. The Morgan fingerprint density at radius 1 is 1.35 bits per heavy atom. The second-order valence-electron chi connectivity index (χ2n) is 4.53. The first kappa shape index (κ1) is 14.0. The minimum Gasteiger partial charge on any atom is -0.369 e. The summed E-state index contributed by atoms with van der Waals surface area (Å²) in [6.07, 6.45) is 6.01. The second kappa shape index (κ2) is 6.65. The molecule has 0 fully saturated rings. The van der Waals surface area contributed by atoms with Crippen LogP contribution in [0.5, 0.6) is 0 Å². The quantitative estimate of drug-likeness (QED) is 0.876. The van der Waals surface area contributed by atoms with E-state index in [-0.39, 0.29) is 5.91 Å². The lowest BCUT2D eigenvalue weighted by Crippen LogP contribution is -2.16. The molecule has 0 aliphatic carbocycles. The Morgan fingerprint density at radius 2 is 2.20 bits per heavy atom. The predicted octanol–water partition coefficient (Wildman–Crippen LogP) is 2.86. The first-order valence-electron chi connectivity index (χ1n) is 6.62. The maximum absolute atomic E-state index is 12.3. The van der Waals surface area contributed by atoms with Crippen LogP contribution in [-0.2, 0) is 0 Å². The van der Waals surface area contributed by atoms with Crippen LogP contribution in [0.1, 0.15) is 29.3 Å². The van der Waals surface area contributed by atoms with Crippen molar-refractivity contribution in [1.29, 1.82) is 0 Å². The Morgan fingerprint density at radius 3 is 2.95 bits per heavy atom. The van der Waals surface area contributed by atoms with Gasteiger partial charge in [-0.2, -0.15) is 0 Å². The topological polar surface area (TPSA) is 66.9 Å². The van der Waals surface area contributed by atoms with Gasteiger partial charge in [-0.3, -0.25) is 9.78 Å². The Balaban J connectivity index is 2.16. The summed E-state index contributed by atoms with van der Waals surface area (Å²) < 4.78 is 0. The largest absolute Gasteiger partial charge is 0.369 e. The lowest BCUT2D eigenvalue weighted by molar-refractivity contribution is 0.102. The fraction of sp³-hybridized carbons (Fsp3) is 0.267. The van der Waals surface area contributed by atoms with Crippen LogP contribution in [0.3, 0.4) is 0 Å². The van der Waals surface area contributed by atoms with E-state index in [1.165, 1.54) is 0 Å². The van der Waals surface area contributed by atoms with E-state index >= 15 is 0 Å². The molecule has 5 heteroatoms. The van der Waals surface area contributed by atoms with Crippen LogP contribution in [-0.4, -0.2) is 22.4 Å². The van der Waals surface area contributed by atoms with E-state index in [1.54, 1.807) is 30.7 Å². The van der Waals surface area contributed by atoms with Crippen LogP contribution >= 0.6 is 0 Å². The summed E-state index contributed by atoms with van der Waals surface area (Å²) in [5.41, 5.74) is 2.21. The molecule has 2 aromatic rings. The molecule has 0 radical (unpaired) electrons. The van der Waals surface area contributed by atoms with Crippen LogP contribution in [0, 0.1) is 6.92 Å². The molecule has 20 heavy (non-hydrogen) atoms. The first-order chi connectivity index (χ1) is 9.70. The number of hydrogen-bond donors (Lipinski definition) is 2. The summed E-state index contributed by atoms with van der Waals surface area (Å²) in [6.45, 7) is 4.78. The number of pyridine rings is 2. The van der Waals surface area contributed by atoms with Gasteiger partial charge in [-0.25, -0.2) is 4.98 Å². The van der Waals surface area contributed by atoms with Gasteiger partial charge >= 0.3 is 0 Å². The fourth-order valence-electron chi connectivity index (χ4n) is 1.79. The molecule has 0 aliphatic heterocycles. The van der Waals surface area contributed by atoms with Gasteiger partial charge in [0, 0.05) is 18.9 Å². The molecule has 0 spiro atoms. The zero-order valence-electron chi connectivity index (χ0n) is 11.7. The lowest BCUT2D eigenvalue weighted by Gasteiger charge is -2.10. The highest BCUT2D eigenvalue weighted by molar-refractivity contribution is 6.07. The summed E-state index contributed by atoms with van der Waals surface area (Å²) in [6, 6.07) is 5.38. The third kappa shape index (κ3) is 3.54. The van der Waals surface area contributed by atoms with Gasteiger partial charge < -0.3 is 10.6 Å². The fourth-order valence-corrected chi connectivity index (χ4v) is 1.79. The van der Waals surface area contributed by atoms with E-state index in [0.717, 1.165) is 18.5 Å². The van der Waals surface area contributed by atoms with Gasteiger partial charge in [0.1, 0.15) is 5.82 Å². The van der Waals surface area contributed by atoms with E-state index in [0.29, 0.717) is 17.1 Å². The van der Waals surface area contributed by atoms with Crippen molar-refractivity contribution in [1.82, 2.24) is 9.97 Å². The van der Waals surface area contributed by atoms with E-state index in [1.807, 2.05) is 13.0 Å². The summed E-state index contributed by atoms with van der Waals surface area (Å²) in [5, 5.41) is 5.99. The van der Waals surface area contributed by atoms with Gasteiger partial charge in [0.2, 0.25) is 0 Å². The molecule has 0 aromatic carbocycles. The molecule has 2 rings (SSSR count). The third-order valence-electron chi connectivity index (χ3n) is 2.73. The number of carbonyl (C=O) groups is 1. The third-order valence-corrected chi connectivity index (χ3v) is 2.73. The number of rotatable bonds is 5. The molecule has 0 bridgehead atoms. The van der Waals surface area contributed by atoms with Crippen molar-refractivity contribution in [3.63, 3.8) is 0 Å². The number of amides is 1. The number of aryl methyl sites for hydroxylation is 1. The normalized spacial score (nSPS) is 10.1. The summed E-state index contributed by atoms with van der Waals surface area (Å²) >= 11 is 0. The number of anilines is 2. The molecule has 0 unspecified atom stereocenters. The van der Waals surface area contributed by atoms with Crippen LogP contribution in [0.4, 0.5) is 11.5 Å². The van der Waals surface area contributed by atoms with E-state index in [4.69, 9.17) is 0 Å². The molecule has 0 aliphatic rings. The van der Waals surface area contributed by atoms with Gasteiger partial charge in [-0.15, -0.1) is 0 Å². The average Bonchev–Trinajstić information content (AvgIpc) is 2.45. The highest BCUT2D eigenvalue weighted by atomic mass is 16.1. The molecule has 2 N–H and O–H groups in total. The van der Waals surface area contributed by atoms with Crippen molar-refractivity contribution in [2.45, 2.75) is 20.3 Å². The standard InChI is InChI=1S/C15H18N4O/c1-3-6-17-14-13(5-4-7-18-14)15(20)19-12-8-11(2)9-16-10-12/h4-5,7-10H,3,6H2,1-2H3,(H,17,18)(H,19,20). The lowest BCUT2D eigenvalue weighted by atomic mass is 10.2. The molecule has 0 atom stereocenters. The molecule has 5 nitrogen and oxygen atoms in total. The monoisotopic (exact) mass is 270 g/mol. The number of hydrogen-bond acceptors (Lipinski definition) is 4. The van der Waals surface area contributed by atoms with E-state index in [9.17, 15) is 4.79 Å². The Bertz CT molecular complexity index is 598. The predicted molar refractivity (Wildman–Crippen MR) is 79.9 cm³/mol. The number of nitrogens with one attached hydrogen (secondary N) is 2. The summed E-state index contributed by atoms with van der Waals surface area (Å²) in [5.74, 6) is 0.413. The zero-order chi connectivity index (χ0) is 14.4. The van der Waals surface area contributed by atoms with Crippen molar-refractivity contribution in [3.05, 3.63) is 47.9 Å². The van der Waals surface area contributed by atoms with Gasteiger partial charge in [0.25, 0.3) is 5.91 Å². The Hall–Kier alpha value is -2.43. The maximum atomic E-state index is 12.3. The molecule has 1 amide bonds. The molecule has 0 saturated heterocycles. The highest BCUT2D eigenvalue weighted by Crippen LogP contribution is 2.15. The van der Waals surface area contributed by atoms with Gasteiger partial charge in [0.05, 0.1) is 17.4 Å². The van der Waals surface area contributed by atoms with Crippen molar-refractivity contribution >= 4 is 17.4 Å². The van der Waals surface area contributed by atoms with Crippen molar-refractivity contribution in [2.75, 3.05) is 17.2 Å². The molecule has 2 heterocycles. The van der Waals surface area contributed by atoms with Crippen molar-refractivity contribution in [3.8, 4) is 0 Å². The highest BCUT2D eigenvalue weighted by Gasteiger charge is 2.12. The van der Waals surface area contributed by atoms with E-state index in [2.05, 4.69) is 27.5 Å². The number of nitrogens with zero attached hydrogens (tertiary/aromatic N) is 2. The van der Waals surface area contributed by atoms with Crippen molar-refractivity contribution < 1.29 is 4.79 Å². The molecule has 2 aromatic heterocycles. The Kier molecular flexibility index (Phi) is 4.65. The van der Waals surface area contributed by atoms with Gasteiger partial charge in [-0.1, -0.05) is 6.92 Å². The number of aromatic nitrogens is 2. The van der Waals surface area contributed by atoms with Crippen LogP contribution in [0.15, 0.2) is 36.8 Å². The van der Waals surface area contributed by atoms with Crippen LogP contribution < -0.4 is 10.6 Å². The SMILES string of the molecule is CCCNc1ncccc1C(=O)Nc1cncc(C)c1. The molecular weight excluding hydrogens is 252 g/mol. The minimum absolute atomic E-state index is 0.191. The zero-order valence-corrected chi connectivity index (χ0v) is 11.7.